The van der Waals surface area contributed by atoms with Crippen LogP contribution in [0, 0.1) is 0 Å². The Bertz CT molecular complexity index is 623. The summed E-state index contributed by atoms with van der Waals surface area (Å²) in [5, 5.41) is 9.02. The summed E-state index contributed by atoms with van der Waals surface area (Å²) in [7, 11) is 0. The van der Waals surface area contributed by atoms with E-state index in [-0.39, 0.29) is 11.3 Å². The molecule has 0 heterocycles. The van der Waals surface area contributed by atoms with Crippen molar-refractivity contribution < 1.29 is 19.4 Å². The fourth-order valence-electron chi connectivity index (χ4n) is 1.77. The zero-order chi connectivity index (χ0) is 15.2. The number of carbonyl (C=O) groups is 1. The Morgan fingerprint density at radius 1 is 1.14 bits per heavy atom. The molecule has 2 rings (SSSR count). The monoisotopic (exact) mass is 287 g/mol. The molecule has 0 atom stereocenters. The second-order valence-electron chi connectivity index (χ2n) is 4.44. The van der Waals surface area contributed by atoms with Gasteiger partial charge in [0.05, 0.1) is 17.9 Å². The highest BCUT2D eigenvalue weighted by atomic mass is 16.5. The van der Waals surface area contributed by atoms with E-state index in [2.05, 4.69) is 0 Å². The summed E-state index contributed by atoms with van der Waals surface area (Å²) >= 11 is 0. The van der Waals surface area contributed by atoms with Crippen molar-refractivity contribution in [3.8, 4) is 17.2 Å². The van der Waals surface area contributed by atoms with Crippen molar-refractivity contribution in [1.82, 2.24) is 0 Å². The maximum atomic E-state index is 11.0. The van der Waals surface area contributed by atoms with Gasteiger partial charge in [0.15, 0.2) is 5.75 Å². The van der Waals surface area contributed by atoms with Crippen LogP contribution in [0.25, 0.3) is 0 Å². The van der Waals surface area contributed by atoms with Crippen molar-refractivity contribution in [3.63, 3.8) is 0 Å². The number of nitrogens with two attached hydrogens (primary N) is 1. The van der Waals surface area contributed by atoms with E-state index in [0.29, 0.717) is 18.1 Å². The third-order valence-electron chi connectivity index (χ3n) is 2.82. The van der Waals surface area contributed by atoms with Crippen molar-refractivity contribution in [3.05, 3.63) is 48.0 Å². The van der Waals surface area contributed by atoms with Crippen molar-refractivity contribution in [2.45, 2.75) is 13.3 Å². The van der Waals surface area contributed by atoms with Gasteiger partial charge in [-0.15, -0.1) is 0 Å². The van der Waals surface area contributed by atoms with E-state index >= 15 is 0 Å². The number of para-hydroxylation sites is 1. The van der Waals surface area contributed by atoms with Gasteiger partial charge < -0.3 is 20.3 Å². The van der Waals surface area contributed by atoms with E-state index in [1.807, 2.05) is 6.92 Å². The molecule has 21 heavy (non-hydrogen) atoms. The standard InChI is InChI=1S/C16H17NO4/c1-2-10-20-11-6-8-12(9-7-11)21-14-5-3-4-13(15(14)17)16(18)19/h3-9H,2,10,17H2,1H3,(H,18,19). The Balaban J connectivity index is 2.15. The Hall–Kier alpha value is -2.69. The zero-order valence-corrected chi connectivity index (χ0v) is 11.7. The molecule has 0 saturated carbocycles. The summed E-state index contributed by atoms with van der Waals surface area (Å²) in [5.74, 6) is 0.558. The first kappa shape index (κ1) is 14.7. The van der Waals surface area contributed by atoms with Gasteiger partial charge >= 0.3 is 5.97 Å². The number of benzene rings is 2. The number of hydrogen-bond donors (Lipinski definition) is 2. The highest BCUT2D eigenvalue weighted by Crippen LogP contribution is 2.30. The number of ether oxygens (including phenoxy) is 2. The van der Waals surface area contributed by atoms with Crippen LogP contribution in [0.5, 0.6) is 17.2 Å². The van der Waals surface area contributed by atoms with E-state index in [1.54, 1.807) is 36.4 Å². The van der Waals surface area contributed by atoms with Crippen LogP contribution in [-0.4, -0.2) is 17.7 Å². The summed E-state index contributed by atoms with van der Waals surface area (Å²) in [5.41, 5.74) is 5.93. The topological polar surface area (TPSA) is 81.8 Å². The summed E-state index contributed by atoms with van der Waals surface area (Å²) < 4.78 is 11.1. The molecule has 0 amide bonds. The quantitative estimate of drug-likeness (QED) is 0.794. The fourth-order valence-corrected chi connectivity index (χ4v) is 1.77. The number of nitrogen functional groups attached to an aromatic ring is 1. The Morgan fingerprint density at radius 2 is 1.81 bits per heavy atom. The number of aromatic carboxylic acids is 1. The number of anilines is 1. The van der Waals surface area contributed by atoms with Gasteiger partial charge in [0.1, 0.15) is 11.5 Å². The molecule has 2 aromatic carbocycles. The number of hydrogen-bond acceptors (Lipinski definition) is 4. The molecule has 5 nitrogen and oxygen atoms in total. The predicted molar refractivity (Wildman–Crippen MR) is 80.1 cm³/mol. The number of carboxylic acid groups (broad SMARTS) is 1. The molecule has 5 heteroatoms. The van der Waals surface area contributed by atoms with E-state index in [9.17, 15) is 4.79 Å². The highest BCUT2D eigenvalue weighted by Gasteiger charge is 2.12. The number of carboxylic acids is 1. The maximum Gasteiger partial charge on any atom is 0.337 e. The normalized spacial score (nSPS) is 10.1. The molecular formula is C16H17NO4. The SMILES string of the molecule is CCCOc1ccc(Oc2cccc(C(=O)O)c2N)cc1. The first-order chi connectivity index (χ1) is 10.1. The second kappa shape index (κ2) is 6.65. The summed E-state index contributed by atoms with van der Waals surface area (Å²) in [4.78, 5) is 11.0. The Kier molecular flexibility index (Phi) is 4.66. The van der Waals surface area contributed by atoms with Crippen LogP contribution in [0.4, 0.5) is 5.69 Å². The van der Waals surface area contributed by atoms with Gasteiger partial charge in [-0.3, -0.25) is 0 Å². The summed E-state index contributed by atoms with van der Waals surface area (Å²) in [6, 6.07) is 11.7. The summed E-state index contributed by atoms with van der Waals surface area (Å²) in [6.45, 7) is 2.70. The van der Waals surface area contributed by atoms with Crippen molar-refractivity contribution in [2.75, 3.05) is 12.3 Å². The van der Waals surface area contributed by atoms with Crippen LogP contribution in [0.2, 0.25) is 0 Å². The van der Waals surface area contributed by atoms with E-state index in [1.165, 1.54) is 6.07 Å². The molecule has 2 aromatic rings. The molecule has 0 radical (unpaired) electrons. The number of rotatable bonds is 6. The van der Waals surface area contributed by atoms with Crippen LogP contribution >= 0.6 is 0 Å². The smallest absolute Gasteiger partial charge is 0.337 e. The van der Waals surface area contributed by atoms with E-state index in [4.69, 9.17) is 20.3 Å². The molecule has 0 unspecified atom stereocenters. The van der Waals surface area contributed by atoms with Crippen LogP contribution in [0.1, 0.15) is 23.7 Å². The third kappa shape index (κ3) is 3.66. The minimum Gasteiger partial charge on any atom is -0.494 e. The highest BCUT2D eigenvalue weighted by molar-refractivity contribution is 5.95. The molecule has 0 aromatic heterocycles. The lowest BCUT2D eigenvalue weighted by molar-refractivity contribution is 0.0697. The average molecular weight is 287 g/mol. The Labute approximate surface area is 122 Å². The van der Waals surface area contributed by atoms with Gasteiger partial charge in [-0.1, -0.05) is 13.0 Å². The largest absolute Gasteiger partial charge is 0.494 e. The lowest BCUT2D eigenvalue weighted by Gasteiger charge is -2.11. The molecule has 0 spiro atoms. The molecular weight excluding hydrogens is 270 g/mol. The maximum absolute atomic E-state index is 11.0. The van der Waals surface area contributed by atoms with Crippen LogP contribution < -0.4 is 15.2 Å². The third-order valence-corrected chi connectivity index (χ3v) is 2.82. The summed E-state index contributed by atoms with van der Waals surface area (Å²) in [6.07, 6.45) is 0.941. The zero-order valence-electron chi connectivity index (χ0n) is 11.7. The van der Waals surface area contributed by atoms with Gasteiger partial charge in [-0.25, -0.2) is 4.79 Å². The lowest BCUT2D eigenvalue weighted by atomic mass is 10.1. The first-order valence-electron chi connectivity index (χ1n) is 6.64. The fraction of sp³-hybridized carbons (Fsp3) is 0.188. The second-order valence-corrected chi connectivity index (χ2v) is 4.44. The van der Waals surface area contributed by atoms with E-state index in [0.717, 1.165) is 12.2 Å². The molecule has 0 aliphatic carbocycles. The Morgan fingerprint density at radius 3 is 2.43 bits per heavy atom. The van der Waals surface area contributed by atoms with Crippen molar-refractivity contribution in [1.29, 1.82) is 0 Å². The van der Waals surface area contributed by atoms with Crippen molar-refractivity contribution >= 4 is 11.7 Å². The van der Waals surface area contributed by atoms with Gasteiger partial charge in [-0.2, -0.15) is 0 Å². The van der Waals surface area contributed by atoms with Gasteiger partial charge in [0.2, 0.25) is 0 Å². The average Bonchev–Trinajstić information content (AvgIpc) is 2.48. The van der Waals surface area contributed by atoms with Crippen LogP contribution in [-0.2, 0) is 0 Å². The lowest BCUT2D eigenvalue weighted by Crippen LogP contribution is -2.03. The predicted octanol–water partition coefficient (Wildman–Crippen LogP) is 3.55. The first-order valence-corrected chi connectivity index (χ1v) is 6.64. The molecule has 0 aliphatic rings. The van der Waals surface area contributed by atoms with E-state index < -0.39 is 5.97 Å². The molecule has 0 saturated heterocycles. The van der Waals surface area contributed by atoms with Crippen LogP contribution in [0.15, 0.2) is 42.5 Å². The molecule has 110 valence electrons. The molecule has 0 fully saturated rings. The van der Waals surface area contributed by atoms with Gasteiger partial charge in [0, 0.05) is 0 Å². The molecule has 3 N–H and O–H groups in total. The molecule has 0 aliphatic heterocycles. The van der Waals surface area contributed by atoms with Gasteiger partial charge in [0.25, 0.3) is 0 Å². The minimum absolute atomic E-state index is 0.0235. The van der Waals surface area contributed by atoms with Gasteiger partial charge in [-0.05, 0) is 42.8 Å². The van der Waals surface area contributed by atoms with Crippen LogP contribution in [0.3, 0.4) is 0 Å². The minimum atomic E-state index is -1.08. The molecule has 0 bridgehead atoms. The van der Waals surface area contributed by atoms with Crippen molar-refractivity contribution in [2.24, 2.45) is 0 Å².